The van der Waals surface area contributed by atoms with Crippen molar-refractivity contribution >= 4 is 38.9 Å². The summed E-state index contributed by atoms with van der Waals surface area (Å²) in [5.74, 6) is -2.21. The molecule has 0 radical (unpaired) electrons. The van der Waals surface area contributed by atoms with Gasteiger partial charge in [0.1, 0.15) is 6.54 Å². The van der Waals surface area contributed by atoms with Crippen molar-refractivity contribution in [3.63, 3.8) is 0 Å². The Balaban J connectivity index is 1.73. The molecule has 0 saturated carbocycles. The van der Waals surface area contributed by atoms with Crippen LogP contribution in [0.5, 0.6) is 0 Å². The van der Waals surface area contributed by atoms with Gasteiger partial charge in [0, 0.05) is 24.1 Å². The van der Waals surface area contributed by atoms with Crippen molar-refractivity contribution < 1.29 is 27.7 Å². The molecule has 1 N–H and O–H groups in total. The van der Waals surface area contributed by atoms with E-state index in [1.54, 1.807) is 0 Å². The van der Waals surface area contributed by atoms with E-state index in [0.717, 1.165) is 18.4 Å². The number of sulfone groups is 1. The Bertz CT molecular complexity index is 1120. The second kappa shape index (κ2) is 6.85. The van der Waals surface area contributed by atoms with E-state index in [4.69, 9.17) is 0 Å². The van der Waals surface area contributed by atoms with Gasteiger partial charge in [0.05, 0.1) is 20.9 Å². The van der Waals surface area contributed by atoms with E-state index in [9.17, 15) is 32.9 Å². The van der Waals surface area contributed by atoms with Gasteiger partial charge in [-0.05, 0) is 30.3 Å². The van der Waals surface area contributed by atoms with Crippen molar-refractivity contribution in [2.24, 2.45) is 0 Å². The fourth-order valence-electron chi connectivity index (χ4n) is 2.67. The van der Waals surface area contributed by atoms with Gasteiger partial charge in [0.15, 0.2) is 9.84 Å². The Morgan fingerprint density at radius 2 is 1.68 bits per heavy atom. The molecule has 0 unspecified atom stereocenters. The molecule has 144 valence electrons. The molecule has 0 bridgehead atoms. The molecule has 0 fully saturated rings. The normalized spacial score (nSPS) is 13.4. The van der Waals surface area contributed by atoms with Gasteiger partial charge in [0.25, 0.3) is 17.5 Å². The number of anilines is 1. The lowest BCUT2D eigenvalue weighted by Crippen LogP contribution is -2.37. The minimum absolute atomic E-state index is 0.0131. The van der Waals surface area contributed by atoms with Crippen molar-refractivity contribution in [1.29, 1.82) is 0 Å². The zero-order valence-electron chi connectivity index (χ0n) is 14.4. The number of carbonyl (C=O) groups is 3. The van der Waals surface area contributed by atoms with E-state index in [-0.39, 0.29) is 27.4 Å². The molecule has 3 rings (SSSR count). The average Bonchev–Trinajstić information content (AvgIpc) is 2.86. The molecule has 28 heavy (non-hydrogen) atoms. The highest BCUT2D eigenvalue weighted by Gasteiger charge is 2.37. The van der Waals surface area contributed by atoms with E-state index in [1.807, 2.05) is 0 Å². The van der Waals surface area contributed by atoms with E-state index in [0.29, 0.717) is 4.90 Å². The number of imide groups is 1. The van der Waals surface area contributed by atoms with Crippen LogP contribution in [0.1, 0.15) is 20.7 Å². The number of fused-ring (bicyclic) bond motifs is 1. The van der Waals surface area contributed by atoms with Gasteiger partial charge in [0.2, 0.25) is 5.91 Å². The molecule has 0 saturated heterocycles. The van der Waals surface area contributed by atoms with Gasteiger partial charge in [-0.15, -0.1) is 0 Å². The van der Waals surface area contributed by atoms with Gasteiger partial charge < -0.3 is 5.32 Å². The molecule has 3 amide bonds. The molecule has 2 aromatic carbocycles. The van der Waals surface area contributed by atoms with Crippen molar-refractivity contribution in [3.05, 3.63) is 63.7 Å². The molecule has 0 spiro atoms. The van der Waals surface area contributed by atoms with Crippen LogP contribution in [-0.4, -0.2) is 48.8 Å². The van der Waals surface area contributed by atoms with Gasteiger partial charge >= 0.3 is 0 Å². The highest BCUT2D eigenvalue weighted by atomic mass is 32.2. The quantitative estimate of drug-likeness (QED) is 0.449. The Labute approximate surface area is 158 Å². The average molecular weight is 403 g/mol. The molecule has 1 aliphatic heterocycles. The van der Waals surface area contributed by atoms with Gasteiger partial charge in [-0.2, -0.15) is 0 Å². The highest BCUT2D eigenvalue weighted by Crippen LogP contribution is 2.26. The fraction of sp³-hybridized carbons (Fsp3) is 0.118. The Hall–Kier alpha value is -3.60. The number of nitro groups is 1. The number of hydrogen-bond donors (Lipinski definition) is 1. The maximum Gasteiger partial charge on any atom is 0.270 e. The fourth-order valence-corrected chi connectivity index (χ4v) is 3.30. The van der Waals surface area contributed by atoms with E-state index >= 15 is 0 Å². The number of non-ortho nitro benzene ring substituents is 1. The summed E-state index contributed by atoms with van der Waals surface area (Å²) >= 11 is 0. The maximum absolute atomic E-state index is 12.4. The van der Waals surface area contributed by atoms with Crippen LogP contribution in [0.15, 0.2) is 47.4 Å². The van der Waals surface area contributed by atoms with Crippen LogP contribution in [0.2, 0.25) is 0 Å². The zero-order chi connectivity index (χ0) is 20.6. The first-order valence-electron chi connectivity index (χ1n) is 7.82. The van der Waals surface area contributed by atoms with Crippen molar-refractivity contribution in [1.82, 2.24) is 4.90 Å². The second-order valence-electron chi connectivity index (χ2n) is 6.03. The first-order valence-corrected chi connectivity index (χ1v) is 9.71. The Morgan fingerprint density at radius 1 is 1.07 bits per heavy atom. The summed E-state index contributed by atoms with van der Waals surface area (Å²) in [7, 11) is -3.38. The highest BCUT2D eigenvalue weighted by molar-refractivity contribution is 7.90. The second-order valence-corrected chi connectivity index (χ2v) is 8.04. The number of nitrogens with zero attached hydrogens (tertiary/aromatic N) is 2. The third-order valence-corrected chi connectivity index (χ3v) is 5.16. The lowest BCUT2D eigenvalue weighted by molar-refractivity contribution is -0.384. The molecular formula is C17H13N3O7S. The van der Waals surface area contributed by atoms with Crippen LogP contribution in [0, 0.1) is 10.1 Å². The summed E-state index contributed by atoms with van der Waals surface area (Å²) in [4.78, 5) is 47.8. The molecule has 0 atom stereocenters. The number of hydrogen-bond acceptors (Lipinski definition) is 7. The molecule has 10 nitrogen and oxygen atoms in total. The standard InChI is InChI=1S/C17H13N3O7S/c1-28(26,27)12-5-2-10(3-6-12)18-15(21)9-19-16(22)13-7-4-11(20(24)25)8-14(13)17(19)23/h2-8H,9H2,1H3,(H,18,21). The third-order valence-electron chi connectivity index (χ3n) is 4.03. The lowest BCUT2D eigenvalue weighted by Gasteiger charge is -2.13. The maximum atomic E-state index is 12.4. The molecule has 0 aliphatic carbocycles. The molecular weight excluding hydrogens is 390 g/mol. The summed E-state index contributed by atoms with van der Waals surface area (Å²) in [5.41, 5.74) is -0.202. The predicted octanol–water partition coefficient (Wildman–Crippen LogP) is 1.23. The van der Waals surface area contributed by atoms with Gasteiger partial charge in [-0.1, -0.05) is 0 Å². The molecule has 0 aromatic heterocycles. The molecule has 2 aromatic rings. The summed E-state index contributed by atoms with van der Waals surface area (Å²) in [6, 6.07) is 8.65. The Kier molecular flexibility index (Phi) is 4.69. The summed E-state index contributed by atoms with van der Waals surface area (Å²) in [5, 5.41) is 13.3. The number of nitrogens with one attached hydrogen (secondary N) is 1. The molecule has 1 heterocycles. The predicted molar refractivity (Wildman–Crippen MR) is 96.6 cm³/mol. The number of carbonyl (C=O) groups excluding carboxylic acids is 3. The largest absolute Gasteiger partial charge is 0.325 e. The van der Waals surface area contributed by atoms with Crippen LogP contribution in [0.4, 0.5) is 11.4 Å². The number of benzene rings is 2. The third kappa shape index (κ3) is 3.60. The van der Waals surface area contributed by atoms with Crippen molar-refractivity contribution in [2.45, 2.75) is 4.90 Å². The van der Waals surface area contributed by atoms with Crippen LogP contribution >= 0.6 is 0 Å². The lowest BCUT2D eigenvalue weighted by atomic mass is 10.1. The van der Waals surface area contributed by atoms with Crippen LogP contribution < -0.4 is 5.32 Å². The van der Waals surface area contributed by atoms with Crippen LogP contribution in [0.25, 0.3) is 0 Å². The monoisotopic (exact) mass is 403 g/mol. The van der Waals surface area contributed by atoms with E-state index < -0.39 is 39.0 Å². The minimum Gasteiger partial charge on any atom is -0.325 e. The minimum atomic E-state index is -3.38. The summed E-state index contributed by atoms with van der Waals surface area (Å²) in [6.45, 7) is -0.589. The number of nitro benzene ring substituents is 1. The molecule has 11 heteroatoms. The molecule has 1 aliphatic rings. The first-order chi connectivity index (χ1) is 13.1. The topological polar surface area (TPSA) is 144 Å². The smallest absolute Gasteiger partial charge is 0.270 e. The number of amides is 3. The summed E-state index contributed by atoms with van der Waals surface area (Å²) in [6.07, 6.45) is 1.05. The SMILES string of the molecule is CS(=O)(=O)c1ccc(NC(=O)CN2C(=O)c3ccc([N+](=O)[O-])cc3C2=O)cc1. The van der Waals surface area contributed by atoms with E-state index in [2.05, 4.69) is 5.32 Å². The van der Waals surface area contributed by atoms with Crippen LogP contribution in [-0.2, 0) is 14.6 Å². The summed E-state index contributed by atoms with van der Waals surface area (Å²) < 4.78 is 22.9. The Morgan fingerprint density at radius 3 is 2.25 bits per heavy atom. The number of rotatable bonds is 5. The first kappa shape index (κ1) is 19.2. The van der Waals surface area contributed by atoms with Gasteiger partial charge in [-0.25, -0.2) is 8.42 Å². The van der Waals surface area contributed by atoms with E-state index in [1.165, 1.54) is 30.3 Å². The van der Waals surface area contributed by atoms with Crippen LogP contribution in [0.3, 0.4) is 0 Å². The zero-order valence-corrected chi connectivity index (χ0v) is 15.2. The van der Waals surface area contributed by atoms with Gasteiger partial charge in [-0.3, -0.25) is 29.4 Å². The van der Waals surface area contributed by atoms with Crippen molar-refractivity contribution in [2.75, 3.05) is 18.1 Å². The van der Waals surface area contributed by atoms with Crippen molar-refractivity contribution in [3.8, 4) is 0 Å².